The summed E-state index contributed by atoms with van der Waals surface area (Å²) in [5.41, 5.74) is -0.189. The van der Waals surface area contributed by atoms with Crippen molar-refractivity contribution < 1.29 is 19.5 Å². The Kier molecular flexibility index (Phi) is 15.4. The third-order valence-electron chi connectivity index (χ3n) is 6.07. The van der Waals surface area contributed by atoms with E-state index in [0.717, 1.165) is 25.7 Å². The Bertz CT molecular complexity index is 641. The number of aliphatic hydroxyl groups is 1. The summed E-state index contributed by atoms with van der Waals surface area (Å²) in [5, 5.41) is 19.6. The molecule has 0 saturated heterocycles. The van der Waals surface area contributed by atoms with Crippen LogP contribution in [-0.2, 0) is 14.4 Å². The standard InChI is InChI=1S/C28H55N3O4/c1-11-12-13-14-15-22(32)21(16-18(2)3)29-26(34)25(20(6)7)31-27(35)24(19(4)5)30-23(33)17-28(8,9)10/h18-22,24-25,32H,11-17H2,1-10H3,(H,29,34)(H,30,33)(H,31,35)/t21-,22?,24-,25-/m0/s1. The molecule has 0 aliphatic rings. The van der Waals surface area contributed by atoms with Gasteiger partial charge in [-0.3, -0.25) is 14.4 Å². The lowest BCUT2D eigenvalue weighted by molar-refractivity contribution is -0.134. The topological polar surface area (TPSA) is 108 Å². The minimum atomic E-state index is -0.759. The van der Waals surface area contributed by atoms with Crippen LogP contribution in [0, 0.1) is 23.2 Å². The second kappa shape index (κ2) is 16.2. The molecule has 0 spiro atoms. The van der Waals surface area contributed by atoms with Gasteiger partial charge in [0.15, 0.2) is 0 Å². The molecule has 0 bridgehead atoms. The molecule has 206 valence electrons. The fraction of sp³-hybridized carbons (Fsp3) is 0.893. The summed E-state index contributed by atoms with van der Waals surface area (Å²) in [6, 6.07) is -1.85. The van der Waals surface area contributed by atoms with Crippen molar-refractivity contribution >= 4 is 17.7 Å². The molecule has 1 unspecified atom stereocenters. The molecule has 0 heterocycles. The molecule has 0 aromatic carbocycles. The predicted molar refractivity (Wildman–Crippen MR) is 144 cm³/mol. The Balaban J connectivity index is 5.37. The molecule has 3 amide bonds. The maximum absolute atomic E-state index is 13.3. The fourth-order valence-corrected chi connectivity index (χ4v) is 4.09. The van der Waals surface area contributed by atoms with E-state index in [1.54, 1.807) is 0 Å². The lowest BCUT2D eigenvalue weighted by Gasteiger charge is -2.31. The molecule has 7 nitrogen and oxygen atoms in total. The Morgan fingerprint density at radius 2 is 1.29 bits per heavy atom. The van der Waals surface area contributed by atoms with Gasteiger partial charge in [-0.1, -0.05) is 94.9 Å². The summed E-state index contributed by atoms with van der Waals surface area (Å²) in [6.45, 7) is 19.7. The SMILES string of the molecule is CCCCCCC(O)[C@H](CC(C)C)NC(=O)[C@@H](NC(=O)[C@@H](NC(=O)CC(C)(C)C)C(C)C)C(C)C. The third-order valence-corrected chi connectivity index (χ3v) is 6.07. The van der Waals surface area contributed by atoms with Crippen molar-refractivity contribution in [1.29, 1.82) is 0 Å². The molecule has 0 rings (SSSR count). The van der Waals surface area contributed by atoms with E-state index < -0.39 is 18.2 Å². The third kappa shape index (κ3) is 14.5. The summed E-state index contributed by atoms with van der Waals surface area (Å²) in [5.74, 6) is -0.820. The highest BCUT2D eigenvalue weighted by Crippen LogP contribution is 2.19. The van der Waals surface area contributed by atoms with Gasteiger partial charge in [-0.15, -0.1) is 0 Å². The van der Waals surface area contributed by atoms with Gasteiger partial charge in [0, 0.05) is 6.42 Å². The number of carbonyl (C=O) groups excluding carboxylic acids is 3. The van der Waals surface area contributed by atoms with Crippen LogP contribution < -0.4 is 16.0 Å². The van der Waals surface area contributed by atoms with Gasteiger partial charge in [-0.2, -0.15) is 0 Å². The van der Waals surface area contributed by atoms with Gasteiger partial charge in [-0.05, 0) is 36.0 Å². The second-order valence-electron chi connectivity index (χ2n) is 12.4. The van der Waals surface area contributed by atoms with Crippen molar-refractivity contribution in [2.24, 2.45) is 23.2 Å². The number of hydrogen-bond acceptors (Lipinski definition) is 4. The first kappa shape index (κ1) is 33.4. The molecule has 0 aromatic heterocycles. The van der Waals surface area contributed by atoms with Crippen LogP contribution in [0.15, 0.2) is 0 Å². The van der Waals surface area contributed by atoms with Crippen molar-refractivity contribution in [1.82, 2.24) is 16.0 Å². The summed E-state index contributed by atoms with van der Waals surface area (Å²) in [6.07, 6.45) is 5.26. The van der Waals surface area contributed by atoms with Crippen LogP contribution in [0.25, 0.3) is 0 Å². The molecule has 4 N–H and O–H groups in total. The highest BCUT2D eigenvalue weighted by molar-refractivity contribution is 5.92. The van der Waals surface area contributed by atoms with Crippen molar-refractivity contribution in [3.05, 3.63) is 0 Å². The van der Waals surface area contributed by atoms with Crippen molar-refractivity contribution in [3.63, 3.8) is 0 Å². The molecule has 7 heteroatoms. The molecule has 35 heavy (non-hydrogen) atoms. The van der Waals surface area contributed by atoms with Crippen LogP contribution in [0.2, 0.25) is 0 Å². The molecular formula is C28H55N3O4. The fourth-order valence-electron chi connectivity index (χ4n) is 4.09. The molecule has 0 aliphatic carbocycles. The Morgan fingerprint density at radius 3 is 1.74 bits per heavy atom. The lowest BCUT2D eigenvalue weighted by Crippen LogP contribution is -2.59. The van der Waals surface area contributed by atoms with Gasteiger partial charge in [0.1, 0.15) is 12.1 Å². The monoisotopic (exact) mass is 497 g/mol. The Labute approximate surface area is 215 Å². The van der Waals surface area contributed by atoms with Gasteiger partial charge in [0.25, 0.3) is 0 Å². The number of unbranched alkanes of at least 4 members (excludes halogenated alkanes) is 3. The number of amides is 3. The average molecular weight is 498 g/mol. The highest BCUT2D eigenvalue weighted by Gasteiger charge is 2.33. The quantitative estimate of drug-likeness (QED) is 0.234. The first-order chi connectivity index (χ1) is 16.1. The summed E-state index contributed by atoms with van der Waals surface area (Å²) in [7, 11) is 0. The van der Waals surface area contributed by atoms with E-state index in [1.165, 1.54) is 0 Å². The largest absolute Gasteiger partial charge is 0.391 e. The number of aliphatic hydroxyl groups excluding tert-OH is 1. The minimum absolute atomic E-state index is 0.131. The van der Waals surface area contributed by atoms with Crippen molar-refractivity contribution in [2.45, 2.75) is 138 Å². The van der Waals surface area contributed by atoms with Crippen LogP contribution in [0.4, 0.5) is 0 Å². The van der Waals surface area contributed by atoms with E-state index >= 15 is 0 Å². The first-order valence-corrected chi connectivity index (χ1v) is 13.7. The van der Waals surface area contributed by atoms with Crippen LogP contribution in [0.5, 0.6) is 0 Å². The van der Waals surface area contributed by atoms with Gasteiger partial charge in [0.05, 0.1) is 12.1 Å². The zero-order chi connectivity index (χ0) is 27.3. The van der Waals surface area contributed by atoms with E-state index in [2.05, 4.69) is 36.7 Å². The van der Waals surface area contributed by atoms with Crippen LogP contribution in [-0.4, -0.2) is 47.1 Å². The van der Waals surface area contributed by atoms with Crippen LogP contribution >= 0.6 is 0 Å². The highest BCUT2D eigenvalue weighted by atomic mass is 16.3. The van der Waals surface area contributed by atoms with Crippen molar-refractivity contribution in [2.75, 3.05) is 0 Å². The van der Waals surface area contributed by atoms with Gasteiger partial charge in [-0.25, -0.2) is 0 Å². The maximum atomic E-state index is 13.3. The smallest absolute Gasteiger partial charge is 0.243 e. The zero-order valence-electron chi connectivity index (χ0n) is 24.2. The number of hydrogen-bond donors (Lipinski definition) is 4. The minimum Gasteiger partial charge on any atom is -0.391 e. The van der Waals surface area contributed by atoms with Crippen molar-refractivity contribution in [3.8, 4) is 0 Å². The van der Waals surface area contributed by atoms with Gasteiger partial charge in [0.2, 0.25) is 17.7 Å². The van der Waals surface area contributed by atoms with Crippen LogP contribution in [0.3, 0.4) is 0 Å². The zero-order valence-corrected chi connectivity index (χ0v) is 24.2. The van der Waals surface area contributed by atoms with Gasteiger partial charge >= 0.3 is 0 Å². The number of rotatable bonds is 16. The molecule has 0 aliphatic heterocycles. The average Bonchev–Trinajstić information content (AvgIpc) is 2.70. The van der Waals surface area contributed by atoms with E-state index in [1.807, 2.05) is 48.5 Å². The Hall–Kier alpha value is -1.63. The maximum Gasteiger partial charge on any atom is 0.243 e. The lowest BCUT2D eigenvalue weighted by atomic mass is 9.91. The summed E-state index contributed by atoms with van der Waals surface area (Å²) in [4.78, 5) is 38.9. The van der Waals surface area contributed by atoms with E-state index in [-0.39, 0.29) is 41.0 Å². The predicted octanol–water partition coefficient (Wildman–Crippen LogP) is 4.57. The summed E-state index contributed by atoms with van der Waals surface area (Å²) >= 11 is 0. The second-order valence-corrected chi connectivity index (χ2v) is 12.4. The molecular weight excluding hydrogens is 442 g/mol. The number of carbonyl (C=O) groups is 3. The van der Waals surface area contributed by atoms with E-state index in [4.69, 9.17) is 0 Å². The van der Waals surface area contributed by atoms with Crippen LogP contribution in [0.1, 0.15) is 114 Å². The molecule has 0 radical (unpaired) electrons. The first-order valence-electron chi connectivity index (χ1n) is 13.7. The number of nitrogens with one attached hydrogen (secondary N) is 3. The molecule has 0 aromatic rings. The van der Waals surface area contributed by atoms with E-state index in [0.29, 0.717) is 25.2 Å². The Morgan fingerprint density at radius 1 is 0.771 bits per heavy atom. The van der Waals surface area contributed by atoms with E-state index in [9.17, 15) is 19.5 Å². The molecule has 4 atom stereocenters. The molecule has 0 saturated carbocycles. The normalized spacial score (nSPS) is 15.6. The van der Waals surface area contributed by atoms with Gasteiger partial charge < -0.3 is 21.1 Å². The molecule has 0 fully saturated rings. The summed E-state index contributed by atoms with van der Waals surface area (Å²) < 4.78 is 0.